The van der Waals surface area contributed by atoms with Gasteiger partial charge >= 0.3 is 5.97 Å². The van der Waals surface area contributed by atoms with E-state index in [-0.39, 0.29) is 19.8 Å². The lowest BCUT2D eigenvalue weighted by molar-refractivity contribution is -0.142. The van der Waals surface area contributed by atoms with E-state index in [2.05, 4.69) is 0 Å². The molecule has 1 aromatic rings. The number of hydrogen-bond acceptors (Lipinski definition) is 4. The summed E-state index contributed by atoms with van der Waals surface area (Å²) in [4.78, 5) is 10.2. The van der Waals surface area contributed by atoms with Gasteiger partial charge in [-0.05, 0) is 19.1 Å². The minimum absolute atomic E-state index is 0.229. The van der Waals surface area contributed by atoms with Gasteiger partial charge in [-0.2, -0.15) is 0 Å². The molecular formula is C12H16O5. The summed E-state index contributed by atoms with van der Waals surface area (Å²) in [6.45, 7) is 2.67. The standard InChI is InChI=1S/C12H16O5/c1-2-16-10-5-3-4-6-11(10)17-8-7-15-9-12(13)14/h3-6H,2,7-9H2,1H3,(H,13,14). The van der Waals surface area contributed by atoms with Crippen LogP contribution in [0.25, 0.3) is 0 Å². The van der Waals surface area contributed by atoms with Gasteiger partial charge in [0.05, 0.1) is 13.2 Å². The Morgan fingerprint density at radius 2 is 1.82 bits per heavy atom. The lowest BCUT2D eigenvalue weighted by atomic mass is 10.3. The number of hydrogen-bond donors (Lipinski definition) is 1. The second kappa shape index (κ2) is 7.51. The van der Waals surface area contributed by atoms with Crippen LogP contribution in [0.5, 0.6) is 11.5 Å². The predicted octanol–water partition coefficient (Wildman–Crippen LogP) is 1.57. The van der Waals surface area contributed by atoms with Gasteiger partial charge in [0.15, 0.2) is 11.5 Å². The maximum atomic E-state index is 10.2. The maximum Gasteiger partial charge on any atom is 0.329 e. The first-order chi connectivity index (χ1) is 8.24. The topological polar surface area (TPSA) is 65.0 Å². The molecule has 0 aliphatic carbocycles. The summed E-state index contributed by atoms with van der Waals surface area (Å²) in [5, 5.41) is 8.36. The van der Waals surface area contributed by atoms with Gasteiger partial charge in [-0.1, -0.05) is 12.1 Å². The molecule has 0 aliphatic heterocycles. The SMILES string of the molecule is CCOc1ccccc1OCCOCC(=O)O. The van der Waals surface area contributed by atoms with E-state index in [0.717, 1.165) is 0 Å². The third kappa shape index (κ3) is 5.21. The van der Waals surface area contributed by atoms with Crippen LogP contribution in [0.3, 0.4) is 0 Å². The Labute approximate surface area is 99.9 Å². The second-order valence-electron chi connectivity index (χ2n) is 3.17. The highest BCUT2D eigenvalue weighted by Gasteiger charge is 2.03. The van der Waals surface area contributed by atoms with Crippen LogP contribution in [-0.4, -0.2) is 37.5 Å². The molecule has 0 atom stereocenters. The molecule has 0 aromatic heterocycles. The average Bonchev–Trinajstić information content (AvgIpc) is 2.31. The van der Waals surface area contributed by atoms with Gasteiger partial charge in [0.1, 0.15) is 13.2 Å². The van der Waals surface area contributed by atoms with Crippen molar-refractivity contribution in [1.82, 2.24) is 0 Å². The van der Waals surface area contributed by atoms with E-state index in [1.165, 1.54) is 0 Å². The highest BCUT2D eigenvalue weighted by molar-refractivity contribution is 5.67. The maximum absolute atomic E-state index is 10.2. The van der Waals surface area contributed by atoms with Gasteiger partial charge in [-0.3, -0.25) is 0 Å². The zero-order valence-electron chi connectivity index (χ0n) is 9.72. The minimum atomic E-state index is -0.986. The van der Waals surface area contributed by atoms with Gasteiger partial charge in [0.25, 0.3) is 0 Å². The molecule has 5 heteroatoms. The van der Waals surface area contributed by atoms with Crippen molar-refractivity contribution in [3.05, 3.63) is 24.3 Å². The lowest BCUT2D eigenvalue weighted by Gasteiger charge is -2.11. The number of carboxylic acids is 1. The van der Waals surface area contributed by atoms with Crippen LogP contribution in [0.1, 0.15) is 6.92 Å². The van der Waals surface area contributed by atoms with E-state index >= 15 is 0 Å². The molecule has 17 heavy (non-hydrogen) atoms. The fourth-order valence-corrected chi connectivity index (χ4v) is 1.21. The molecule has 0 spiro atoms. The molecule has 0 amide bonds. The van der Waals surface area contributed by atoms with E-state index in [0.29, 0.717) is 18.1 Å². The van der Waals surface area contributed by atoms with Gasteiger partial charge in [0.2, 0.25) is 0 Å². The number of ether oxygens (including phenoxy) is 3. The largest absolute Gasteiger partial charge is 0.490 e. The van der Waals surface area contributed by atoms with E-state index in [9.17, 15) is 4.79 Å². The predicted molar refractivity (Wildman–Crippen MR) is 61.6 cm³/mol. The molecule has 0 aliphatic rings. The molecule has 0 bridgehead atoms. The first-order valence-corrected chi connectivity index (χ1v) is 5.38. The lowest BCUT2D eigenvalue weighted by Crippen LogP contribution is -2.12. The summed E-state index contributed by atoms with van der Waals surface area (Å²) in [6, 6.07) is 7.31. The summed E-state index contributed by atoms with van der Waals surface area (Å²) in [5.74, 6) is 0.321. The van der Waals surface area contributed by atoms with Gasteiger partial charge in [-0.25, -0.2) is 4.79 Å². The Bertz CT molecular complexity index is 351. The molecule has 94 valence electrons. The summed E-state index contributed by atoms with van der Waals surface area (Å²) in [5.41, 5.74) is 0. The molecule has 0 radical (unpaired) electrons. The van der Waals surface area contributed by atoms with Crippen LogP contribution in [0, 0.1) is 0 Å². The number of aliphatic carboxylic acids is 1. The fourth-order valence-electron chi connectivity index (χ4n) is 1.21. The van der Waals surface area contributed by atoms with Crippen molar-refractivity contribution in [1.29, 1.82) is 0 Å². The van der Waals surface area contributed by atoms with Crippen LogP contribution in [0.15, 0.2) is 24.3 Å². The van der Waals surface area contributed by atoms with Gasteiger partial charge in [0, 0.05) is 0 Å². The van der Waals surface area contributed by atoms with Crippen molar-refractivity contribution in [2.75, 3.05) is 26.4 Å². The van der Waals surface area contributed by atoms with Crippen LogP contribution >= 0.6 is 0 Å². The first kappa shape index (κ1) is 13.3. The quantitative estimate of drug-likeness (QED) is 0.699. The van der Waals surface area contributed by atoms with Crippen molar-refractivity contribution in [2.45, 2.75) is 6.92 Å². The summed E-state index contributed by atoms with van der Waals surface area (Å²) in [7, 11) is 0. The summed E-state index contributed by atoms with van der Waals surface area (Å²) in [6.07, 6.45) is 0. The normalized spacial score (nSPS) is 9.94. The minimum Gasteiger partial charge on any atom is -0.490 e. The van der Waals surface area contributed by atoms with Crippen LogP contribution in [-0.2, 0) is 9.53 Å². The summed E-state index contributed by atoms with van der Waals surface area (Å²) < 4.78 is 15.7. The molecule has 1 N–H and O–H groups in total. The fraction of sp³-hybridized carbons (Fsp3) is 0.417. The molecule has 0 fully saturated rings. The average molecular weight is 240 g/mol. The Morgan fingerprint density at radius 1 is 1.18 bits per heavy atom. The zero-order chi connectivity index (χ0) is 12.5. The molecule has 1 rings (SSSR count). The van der Waals surface area contributed by atoms with Crippen molar-refractivity contribution in [2.24, 2.45) is 0 Å². The number of benzene rings is 1. The summed E-state index contributed by atoms with van der Waals surface area (Å²) >= 11 is 0. The van der Waals surface area contributed by atoms with Gasteiger partial charge < -0.3 is 19.3 Å². The molecule has 1 aromatic carbocycles. The molecule has 5 nitrogen and oxygen atoms in total. The first-order valence-electron chi connectivity index (χ1n) is 5.38. The van der Waals surface area contributed by atoms with E-state index in [1.807, 2.05) is 25.1 Å². The molecular weight excluding hydrogens is 224 g/mol. The smallest absolute Gasteiger partial charge is 0.329 e. The highest BCUT2D eigenvalue weighted by atomic mass is 16.5. The molecule has 0 saturated heterocycles. The zero-order valence-corrected chi connectivity index (χ0v) is 9.72. The van der Waals surface area contributed by atoms with E-state index < -0.39 is 5.97 Å². The van der Waals surface area contributed by atoms with E-state index in [4.69, 9.17) is 19.3 Å². The van der Waals surface area contributed by atoms with Gasteiger partial charge in [-0.15, -0.1) is 0 Å². The Morgan fingerprint density at radius 3 is 2.41 bits per heavy atom. The number of rotatable bonds is 8. The second-order valence-corrected chi connectivity index (χ2v) is 3.17. The molecule has 0 saturated carbocycles. The van der Waals surface area contributed by atoms with Crippen LogP contribution in [0.2, 0.25) is 0 Å². The Hall–Kier alpha value is -1.75. The molecule has 0 heterocycles. The number of para-hydroxylation sites is 2. The monoisotopic (exact) mass is 240 g/mol. The Balaban J connectivity index is 2.33. The molecule has 0 unspecified atom stereocenters. The van der Waals surface area contributed by atoms with Crippen molar-refractivity contribution >= 4 is 5.97 Å². The third-order valence-corrected chi connectivity index (χ3v) is 1.86. The highest BCUT2D eigenvalue weighted by Crippen LogP contribution is 2.26. The van der Waals surface area contributed by atoms with Crippen molar-refractivity contribution < 1.29 is 24.1 Å². The number of carboxylic acid groups (broad SMARTS) is 1. The third-order valence-electron chi connectivity index (χ3n) is 1.86. The number of carbonyl (C=O) groups is 1. The van der Waals surface area contributed by atoms with Crippen LogP contribution < -0.4 is 9.47 Å². The van der Waals surface area contributed by atoms with E-state index in [1.54, 1.807) is 6.07 Å². The van der Waals surface area contributed by atoms with Crippen molar-refractivity contribution in [3.8, 4) is 11.5 Å². The van der Waals surface area contributed by atoms with Crippen molar-refractivity contribution in [3.63, 3.8) is 0 Å². The Kier molecular flexibility index (Phi) is 5.88. The van der Waals surface area contributed by atoms with Crippen LogP contribution in [0.4, 0.5) is 0 Å².